The maximum Gasteiger partial charge on any atom is 0.173 e. The van der Waals surface area contributed by atoms with Crippen molar-refractivity contribution >= 4 is 51.5 Å². The van der Waals surface area contributed by atoms with Crippen molar-refractivity contribution in [1.29, 1.82) is 0 Å². The van der Waals surface area contributed by atoms with Crippen LogP contribution in [0, 0.1) is 0 Å². The Bertz CT molecular complexity index is 906. The van der Waals surface area contributed by atoms with Gasteiger partial charge in [-0.15, -0.1) is 22.7 Å². The fourth-order valence-electron chi connectivity index (χ4n) is 2.72. The third-order valence-electron chi connectivity index (χ3n) is 3.71. The zero-order valence-electron chi connectivity index (χ0n) is 11.2. The molecule has 0 N–H and O–H groups in total. The molecule has 104 valence electrons. The van der Waals surface area contributed by atoms with Crippen molar-refractivity contribution in [3.63, 3.8) is 0 Å². The average Bonchev–Trinajstić information content (AvgIpc) is 3.16. The first-order chi connectivity index (χ1) is 10.1. The van der Waals surface area contributed by atoms with Crippen molar-refractivity contribution in [2.24, 2.45) is 0 Å². The number of ketones is 1. The molecule has 0 bridgehead atoms. The number of Topliss-reactive ketones (excluding diaryl/α,β-unsaturated/α-hetero) is 1. The molecule has 0 radical (unpaired) electrons. The molecule has 1 aromatic carbocycles. The Morgan fingerprint density at radius 2 is 1.81 bits per heavy atom. The molecule has 2 aromatic heterocycles. The lowest BCUT2D eigenvalue weighted by molar-refractivity contribution is 0.102. The van der Waals surface area contributed by atoms with E-state index >= 15 is 0 Å². The van der Waals surface area contributed by atoms with Crippen LogP contribution in [-0.4, -0.2) is 5.78 Å². The molecule has 3 heterocycles. The van der Waals surface area contributed by atoms with Crippen molar-refractivity contribution in [2.75, 3.05) is 0 Å². The van der Waals surface area contributed by atoms with Gasteiger partial charge in [0.05, 0.1) is 14.6 Å². The number of carbonyl (C=O) groups excluding carboxylic acids is 1. The lowest BCUT2D eigenvalue weighted by Gasteiger charge is -2.13. The van der Waals surface area contributed by atoms with Gasteiger partial charge in [-0.05, 0) is 24.4 Å². The molecule has 1 aliphatic rings. The Hall–Kier alpha value is -1.48. The maximum absolute atomic E-state index is 13.9. The minimum Gasteiger partial charge on any atom is -0.309 e. The van der Waals surface area contributed by atoms with Gasteiger partial charge in [-0.25, -0.2) is 0 Å². The topological polar surface area (TPSA) is 34.1 Å². The molecular weight excluding hydrogens is 319 g/mol. The smallest absolute Gasteiger partial charge is 0.173 e. The van der Waals surface area contributed by atoms with Crippen LogP contribution in [0.5, 0.6) is 0 Å². The molecule has 1 aliphatic heterocycles. The summed E-state index contributed by atoms with van der Waals surface area (Å²) in [4.78, 5) is 14.4. The van der Waals surface area contributed by atoms with Gasteiger partial charge < -0.3 is 4.57 Å². The highest BCUT2D eigenvalue weighted by molar-refractivity contribution is 7.87. The lowest BCUT2D eigenvalue weighted by atomic mass is 10.3. The highest BCUT2D eigenvalue weighted by Crippen LogP contribution is 2.55. The average molecular weight is 330 g/mol. The second kappa shape index (κ2) is 4.51. The minimum atomic E-state index is -2.80. The first-order valence-electron chi connectivity index (χ1n) is 6.52. The van der Waals surface area contributed by atoms with Gasteiger partial charge in [0.2, 0.25) is 0 Å². The molecule has 2 nitrogen and oxygen atoms in total. The fraction of sp³-hybridized carbons (Fsp3) is 0.0625. The first kappa shape index (κ1) is 13.2. The Balaban J connectivity index is 2.07. The molecule has 0 aliphatic carbocycles. The van der Waals surface area contributed by atoms with Crippen LogP contribution in [0.4, 0.5) is 0 Å². The van der Waals surface area contributed by atoms with Gasteiger partial charge in [0.1, 0.15) is 0 Å². The Kier molecular flexibility index (Phi) is 2.83. The summed E-state index contributed by atoms with van der Waals surface area (Å²) in [5.74, 6) is 0.0344. The van der Waals surface area contributed by atoms with E-state index in [9.17, 15) is 9.36 Å². The molecule has 0 fully saturated rings. The van der Waals surface area contributed by atoms with Crippen LogP contribution in [-0.2, 0) is 4.57 Å². The minimum absolute atomic E-state index is 0.0344. The molecule has 0 saturated heterocycles. The molecular formula is C16H11O2PS2. The summed E-state index contributed by atoms with van der Waals surface area (Å²) in [7, 11) is -2.80. The quantitative estimate of drug-likeness (QED) is 0.415. The number of fused-ring (bicyclic) bond motifs is 3. The molecule has 21 heavy (non-hydrogen) atoms. The second-order valence-corrected chi connectivity index (χ2v) is 9.63. The maximum atomic E-state index is 13.9. The lowest BCUT2D eigenvalue weighted by Crippen LogP contribution is -2.19. The molecule has 5 heteroatoms. The highest BCUT2D eigenvalue weighted by atomic mass is 32.1. The van der Waals surface area contributed by atoms with E-state index in [-0.39, 0.29) is 5.78 Å². The van der Waals surface area contributed by atoms with Crippen LogP contribution in [0.15, 0.2) is 47.8 Å². The van der Waals surface area contributed by atoms with E-state index in [4.69, 9.17) is 0 Å². The van der Waals surface area contributed by atoms with Gasteiger partial charge in [-0.1, -0.05) is 30.3 Å². The van der Waals surface area contributed by atoms with Crippen LogP contribution in [0.25, 0.3) is 9.75 Å². The van der Waals surface area contributed by atoms with Crippen molar-refractivity contribution in [2.45, 2.75) is 6.92 Å². The molecule has 0 saturated carbocycles. The Labute approximate surface area is 130 Å². The van der Waals surface area contributed by atoms with Crippen LogP contribution >= 0.6 is 29.8 Å². The normalized spacial score (nSPS) is 19.3. The van der Waals surface area contributed by atoms with E-state index in [1.165, 1.54) is 11.3 Å². The van der Waals surface area contributed by atoms with Gasteiger partial charge in [0, 0.05) is 15.9 Å². The molecule has 1 atom stereocenters. The molecule has 4 rings (SSSR count). The molecule has 1 unspecified atom stereocenters. The molecule has 3 aromatic rings. The largest absolute Gasteiger partial charge is 0.309 e. The number of thiophene rings is 2. The monoisotopic (exact) mass is 330 g/mol. The van der Waals surface area contributed by atoms with Gasteiger partial charge in [0.15, 0.2) is 12.9 Å². The predicted molar refractivity (Wildman–Crippen MR) is 90.6 cm³/mol. The van der Waals surface area contributed by atoms with E-state index in [2.05, 4.69) is 0 Å². The van der Waals surface area contributed by atoms with Gasteiger partial charge in [-0.3, -0.25) is 4.79 Å². The number of hydrogen-bond acceptors (Lipinski definition) is 4. The van der Waals surface area contributed by atoms with Crippen molar-refractivity contribution in [1.82, 2.24) is 0 Å². The fourth-order valence-corrected chi connectivity index (χ4v) is 8.84. The Morgan fingerprint density at radius 3 is 2.52 bits per heavy atom. The van der Waals surface area contributed by atoms with Gasteiger partial charge in [0.25, 0.3) is 0 Å². The summed E-state index contributed by atoms with van der Waals surface area (Å²) < 4.78 is 13.9. The summed E-state index contributed by atoms with van der Waals surface area (Å²) in [6.07, 6.45) is 0. The summed E-state index contributed by atoms with van der Waals surface area (Å²) >= 11 is 3.07. The Morgan fingerprint density at radius 1 is 1.05 bits per heavy atom. The van der Waals surface area contributed by atoms with Crippen LogP contribution in [0.1, 0.15) is 16.6 Å². The third-order valence-corrected chi connectivity index (χ3v) is 9.43. The summed E-state index contributed by atoms with van der Waals surface area (Å²) in [6.45, 7) is 1.56. The summed E-state index contributed by atoms with van der Waals surface area (Å²) in [5.41, 5.74) is 0. The van der Waals surface area contributed by atoms with Crippen LogP contribution < -0.4 is 15.9 Å². The second-order valence-electron chi connectivity index (χ2n) is 4.96. The van der Waals surface area contributed by atoms with Gasteiger partial charge in [-0.2, -0.15) is 0 Å². The molecule has 0 amide bonds. The van der Waals surface area contributed by atoms with Crippen molar-refractivity contribution in [3.05, 3.63) is 52.7 Å². The van der Waals surface area contributed by atoms with Crippen molar-refractivity contribution < 1.29 is 9.36 Å². The number of hydrogen-bond donors (Lipinski definition) is 0. The standard InChI is InChI=1S/C16H11O2PS2/c1-10(17)14-9-13-16(21-14)15-12(7-8-20-15)19(13,18)11-5-3-2-4-6-11/h2-9H,1H3. The summed E-state index contributed by atoms with van der Waals surface area (Å²) in [5, 5.41) is 4.59. The van der Waals surface area contributed by atoms with E-state index in [1.807, 2.05) is 47.8 Å². The number of benzene rings is 1. The first-order valence-corrected chi connectivity index (χ1v) is 9.92. The van der Waals surface area contributed by atoms with E-state index in [0.29, 0.717) is 4.88 Å². The van der Waals surface area contributed by atoms with E-state index in [0.717, 1.165) is 25.7 Å². The van der Waals surface area contributed by atoms with E-state index in [1.54, 1.807) is 18.3 Å². The van der Waals surface area contributed by atoms with Crippen LogP contribution in [0.3, 0.4) is 0 Å². The SMILES string of the molecule is CC(=O)c1cc2c(s1)-c1sccc1P2(=O)c1ccccc1. The molecule has 0 spiro atoms. The van der Waals surface area contributed by atoms with Gasteiger partial charge >= 0.3 is 0 Å². The number of rotatable bonds is 2. The van der Waals surface area contributed by atoms with Crippen molar-refractivity contribution in [3.8, 4) is 9.75 Å². The highest BCUT2D eigenvalue weighted by Gasteiger charge is 2.43. The zero-order chi connectivity index (χ0) is 14.6. The zero-order valence-corrected chi connectivity index (χ0v) is 13.7. The van der Waals surface area contributed by atoms with E-state index < -0.39 is 7.14 Å². The van der Waals surface area contributed by atoms with Crippen LogP contribution in [0.2, 0.25) is 0 Å². The predicted octanol–water partition coefficient (Wildman–Crippen LogP) is 3.63. The summed E-state index contributed by atoms with van der Waals surface area (Å²) in [6, 6.07) is 13.4. The third kappa shape index (κ3) is 1.70. The number of carbonyl (C=O) groups is 1.